The third-order valence-electron chi connectivity index (χ3n) is 6.28. The Bertz CT molecular complexity index is 1180. The quantitative estimate of drug-likeness (QED) is 0.593. The fraction of sp³-hybridized carbons (Fsp3) is 0.304. The average molecular weight is 427 g/mol. The van der Waals surface area contributed by atoms with Gasteiger partial charge in [-0.25, -0.2) is 13.2 Å². The molecule has 2 amide bonds. The first-order valence-corrected chi connectivity index (χ1v) is 10.3. The van der Waals surface area contributed by atoms with Crippen LogP contribution in [0.25, 0.3) is 22.2 Å². The molecule has 0 radical (unpaired) electrons. The van der Waals surface area contributed by atoms with Crippen LogP contribution in [0, 0.1) is 23.4 Å². The highest BCUT2D eigenvalue weighted by molar-refractivity contribution is 5.93. The second-order valence-electron chi connectivity index (χ2n) is 8.24. The number of fused-ring (bicyclic) bond motifs is 1. The molecule has 1 aromatic heterocycles. The van der Waals surface area contributed by atoms with Crippen molar-refractivity contribution in [2.45, 2.75) is 31.2 Å². The summed E-state index contributed by atoms with van der Waals surface area (Å²) in [4.78, 5) is 27.3. The predicted molar refractivity (Wildman–Crippen MR) is 109 cm³/mol. The van der Waals surface area contributed by atoms with E-state index in [1.165, 1.54) is 18.2 Å². The van der Waals surface area contributed by atoms with Crippen molar-refractivity contribution in [1.82, 2.24) is 15.6 Å². The zero-order valence-corrected chi connectivity index (χ0v) is 16.5. The number of hydrogen-bond donors (Lipinski definition) is 3. The monoisotopic (exact) mass is 427 g/mol. The topological polar surface area (TPSA) is 74.0 Å². The van der Waals surface area contributed by atoms with Crippen LogP contribution in [0.2, 0.25) is 0 Å². The number of aromatic nitrogens is 1. The van der Waals surface area contributed by atoms with Crippen molar-refractivity contribution < 1.29 is 22.8 Å². The van der Waals surface area contributed by atoms with E-state index in [1.54, 1.807) is 12.1 Å². The van der Waals surface area contributed by atoms with E-state index in [2.05, 4.69) is 15.6 Å². The molecule has 2 aromatic carbocycles. The number of hydrogen-bond acceptors (Lipinski definition) is 2. The Morgan fingerprint density at radius 2 is 1.77 bits per heavy atom. The lowest BCUT2D eigenvalue weighted by Crippen LogP contribution is -2.45. The average Bonchev–Trinajstić information content (AvgIpc) is 3.26. The second kappa shape index (κ2) is 7.44. The summed E-state index contributed by atoms with van der Waals surface area (Å²) in [6, 6.07) is 7.39. The van der Waals surface area contributed by atoms with E-state index in [4.69, 9.17) is 0 Å². The molecule has 5 nitrogen and oxygen atoms in total. The van der Waals surface area contributed by atoms with E-state index < -0.39 is 23.5 Å². The molecule has 1 atom stereocenters. The molecule has 0 spiro atoms. The van der Waals surface area contributed by atoms with Crippen molar-refractivity contribution in [1.29, 1.82) is 0 Å². The van der Waals surface area contributed by atoms with Gasteiger partial charge in [-0.05, 0) is 66.6 Å². The van der Waals surface area contributed by atoms with Gasteiger partial charge >= 0.3 is 0 Å². The lowest BCUT2D eigenvalue weighted by molar-refractivity contribution is -0.132. The third-order valence-corrected chi connectivity index (χ3v) is 6.28. The van der Waals surface area contributed by atoms with Crippen LogP contribution in [0.4, 0.5) is 13.2 Å². The standard InChI is InChI=1S/C23H20F3N3O2/c24-14-3-1-11(2-4-14)20-19(16-9-15(25)10-17(26)21(16)29-20)12-7-13(8-12)22(30)28-18-5-6-27-23(18)31/h1-4,9-10,12-13,18,29H,5-8H2,(H,27,31)(H,28,30)/t12?,13?,18-/m1/s1. The number of carbonyl (C=O) groups is 2. The van der Waals surface area contributed by atoms with Gasteiger partial charge < -0.3 is 15.6 Å². The van der Waals surface area contributed by atoms with Crippen LogP contribution in [-0.2, 0) is 9.59 Å². The van der Waals surface area contributed by atoms with Gasteiger partial charge in [-0.15, -0.1) is 0 Å². The summed E-state index contributed by atoms with van der Waals surface area (Å²) in [5.74, 6) is -2.51. The van der Waals surface area contributed by atoms with Gasteiger partial charge in [-0.2, -0.15) is 0 Å². The Balaban J connectivity index is 1.45. The van der Waals surface area contributed by atoms with E-state index >= 15 is 0 Å². The van der Waals surface area contributed by atoms with Crippen LogP contribution < -0.4 is 10.6 Å². The summed E-state index contributed by atoms with van der Waals surface area (Å²) >= 11 is 0. The van der Waals surface area contributed by atoms with Gasteiger partial charge in [0.05, 0.1) is 11.2 Å². The minimum absolute atomic E-state index is 0.0943. The fourth-order valence-electron chi connectivity index (χ4n) is 4.60. The SMILES string of the molecule is O=C(N[C@@H]1CCNC1=O)C1CC(c2c(-c3ccc(F)cc3)[nH]c3c(F)cc(F)cc23)C1. The van der Waals surface area contributed by atoms with E-state index in [0.717, 1.165) is 11.6 Å². The first kappa shape index (κ1) is 19.7. The van der Waals surface area contributed by atoms with Gasteiger partial charge in [-0.1, -0.05) is 0 Å². The van der Waals surface area contributed by atoms with E-state index in [9.17, 15) is 22.8 Å². The molecule has 3 aromatic rings. The van der Waals surface area contributed by atoms with Crippen molar-refractivity contribution >= 4 is 22.7 Å². The van der Waals surface area contributed by atoms with Gasteiger partial charge in [0, 0.05) is 23.9 Å². The smallest absolute Gasteiger partial charge is 0.242 e. The van der Waals surface area contributed by atoms with Crippen LogP contribution in [0.15, 0.2) is 36.4 Å². The van der Waals surface area contributed by atoms with Crippen LogP contribution >= 0.6 is 0 Å². The Morgan fingerprint density at radius 3 is 2.45 bits per heavy atom. The maximum atomic E-state index is 14.4. The number of nitrogens with one attached hydrogen (secondary N) is 3. The van der Waals surface area contributed by atoms with Crippen molar-refractivity contribution in [2.75, 3.05) is 6.54 Å². The molecule has 160 valence electrons. The van der Waals surface area contributed by atoms with Crippen molar-refractivity contribution in [2.24, 2.45) is 5.92 Å². The van der Waals surface area contributed by atoms with Crippen molar-refractivity contribution in [3.63, 3.8) is 0 Å². The number of carbonyl (C=O) groups excluding carboxylic acids is 2. The minimum Gasteiger partial charge on any atom is -0.354 e. The minimum atomic E-state index is -0.703. The van der Waals surface area contributed by atoms with Gasteiger partial charge in [0.2, 0.25) is 11.8 Å². The molecular weight excluding hydrogens is 407 g/mol. The maximum absolute atomic E-state index is 14.4. The summed E-state index contributed by atoms with van der Waals surface area (Å²) in [5, 5.41) is 5.90. The highest BCUT2D eigenvalue weighted by Gasteiger charge is 2.40. The molecule has 31 heavy (non-hydrogen) atoms. The molecule has 1 saturated carbocycles. The normalized spacial score (nSPS) is 22.9. The fourth-order valence-corrected chi connectivity index (χ4v) is 4.60. The Hall–Kier alpha value is -3.29. The summed E-state index contributed by atoms with van der Waals surface area (Å²) in [6.45, 7) is 0.546. The first-order valence-electron chi connectivity index (χ1n) is 10.3. The Kier molecular flexibility index (Phi) is 4.72. The summed E-state index contributed by atoms with van der Waals surface area (Å²) in [7, 11) is 0. The highest BCUT2D eigenvalue weighted by atomic mass is 19.1. The maximum Gasteiger partial charge on any atom is 0.242 e. The molecule has 1 aliphatic heterocycles. The van der Waals surface area contributed by atoms with E-state index in [-0.39, 0.29) is 29.2 Å². The van der Waals surface area contributed by atoms with Crippen LogP contribution in [0.1, 0.15) is 30.7 Å². The Labute approximate surface area is 176 Å². The zero-order chi connectivity index (χ0) is 21.7. The lowest BCUT2D eigenvalue weighted by Gasteiger charge is -2.35. The van der Waals surface area contributed by atoms with Gasteiger partial charge in [0.25, 0.3) is 0 Å². The van der Waals surface area contributed by atoms with Crippen molar-refractivity contribution in [3.8, 4) is 11.3 Å². The van der Waals surface area contributed by atoms with Gasteiger partial charge in [-0.3, -0.25) is 9.59 Å². The molecule has 5 rings (SSSR count). The number of H-pyrrole nitrogens is 1. The Morgan fingerprint density at radius 1 is 1.03 bits per heavy atom. The molecule has 1 saturated heterocycles. The number of aromatic amines is 1. The van der Waals surface area contributed by atoms with Crippen LogP contribution in [0.3, 0.4) is 0 Å². The number of benzene rings is 2. The van der Waals surface area contributed by atoms with Gasteiger partial charge in [0.1, 0.15) is 23.5 Å². The predicted octanol–water partition coefficient (Wildman–Crippen LogP) is 3.75. The van der Waals surface area contributed by atoms with Crippen LogP contribution in [-0.4, -0.2) is 29.4 Å². The first-order chi connectivity index (χ1) is 14.9. The lowest BCUT2D eigenvalue weighted by atomic mass is 9.69. The summed E-state index contributed by atoms with van der Waals surface area (Å²) in [5.41, 5.74) is 2.16. The largest absolute Gasteiger partial charge is 0.354 e. The number of rotatable bonds is 4. The molecule has 0 unspecified atom stereocenters. The molecular formula is C23H20F3N3O2. The molecule has 8 heteroatoms. The molecule has 2 heterocycles. The molecule has 1 aliphatic carbocycles. The molecule has 3 N–H and O–H groups in total. The highest BCUT2D eigenvalue weighted by Crippen LogP contribution is 2.48. The van der Waals surface area contributed by atoms with E-state index in [0.29, 0.717) is 42.5 Å². The van der Waals surface area contributed by atoms with Gasteiger partial charge in [0.15, 0.2) is 0 Å². The van der Waals surface area contributed by atoms with Crippen molar-refractivity contribution in [3.05, 3.63) is 59.4 Å². The zero-order valence-electron chi connectivity index (χ0n) is 16.5. The molecule has 0 bridgehead atoms. The number of halogens is 3. The van der Waals surface area contributed by atoms with Crippen LogP contribution in [0.5, 0.6) is 0 Å². The second-order valence-corrected chi connectivity index (χ2v) is 8.24. The molecule has 2 fully saturated rings. The molecule has 2 aliphatic rings. The summed E-state index contributed by atoms with van der Waals surface area (Å²) < 4.78 is 41.8. The third kappa shape index (κ3) is 3.45. The number of amides is 2. The van der Waals surface area contributed by atoms with E-state index in [1.807, 2.05) is 0 Å². The summed E-state index contributed by atoms with van der Waals surface area (Å²) in [6.07, 6.45) is 1.56.